The molecule has 3 fully saturated rings. The number of rotatable bonds is 11. The van der Waals surface area contributed by atoms with Gasteiger partial charge in [0.15, 0.2) is 0 Å². The van der Waals surface area contributed by atoms with E-state index < -0.39 is 27.4 Å². The number of aliphatic hydroxyl groups excluding tert-OH is 1. The Labute approximate surface area is 211 Å². The molecule has 2 bridgehead atoms. The highest BCUT2D eigenvalue weighted by Crippen LogP contribution is 2.71. The lowest BCUT2D eigenvalue weighted by Gasteiger charge is -2.37. The molecular weight excluding hydrogens is 464 g/mol. The number of nitrogens with zero attached hydrogens (tertiary/aromatic N) is 2. The molecule has 5 atom stereocenters. The number of amides is 2. The van der Waals surface area contributed by atoms with E-state index in [-0.39, 0.29) is 31.0 Å². The molecule has 1 N–H and O–H groups in total. The molecule has 1 aromatic rings. The van der Waals surface area contributed by atoms with Crippen molar-refractivity contribution in [2.24, 2.45) is 11.8 Å². The molecule has 35 heavy (non-hydrogen) atoms. The SMILES string of the molecule is C=CCN(Cc1ccccc1)C(=O)C1N(CCCCO)C(=O)[C@@H]2[C@H](C(=O)OCC)[C@]3(C)CCC12S3. The number of likely N-dealkylation sites (tertiary alicyclic amines) is 1. The van der Waals surface area contributed by atoms with Crippen molar-refractivity contribution in [3.63, 3.8) is 0 Å². The minimum absolute atomic E-state index is 0.0318. The van der Waals surface area contributed by atoms with Gasteiger partial charge in [0, 0.05) is 31.0 Å². The van der Waals surface area contributed by atoms with Crippen LogP contribution < -0.4 is 0 Å². The van der Waals surface area contributed by atoms with E-state index in [4.69, 9.17) is 4.74 Å². The van der Waals surface area contributed by atoms with Crippen LogP contribution in [0.15, 0.2) is 43.0 Å². The number of hydrogen-bond donors (Lipinski definition) is 1. The predicted molar refractivity (Wildman–Crippen MR) is 135 cm³/mol. The molecule has 1 aromatic carbocycles. The average Bonchev–Trinajstić information content (AvgIpc) is 3.40. The highest BCUT2D eigenvalue weighted by Gasteiger charge is 2.77. The largest absolute Gasteiger partial charge is 0.466 e. The molecule has 2 amide bonds. The van der Waals surface area contributed by atoms with Crippen molar-refractivity contribution < 1.29 is 24.2 Å². The molecule has 0 aromatic heterocycles. The van der Waals surface area contributed by atoms with E-state index in [1.807, 2.05) is 37.3 Å². The molecule has 190 valence electrons. The average molecular weight is 501 g/mol. The lowest BCUT2D eigenvalue weighted by Crippen LogP contribution is -2.54. The maximum absolute atomic E-state index is 14.3. The summed E-state index contributed by atoms with van der Waals surface area (Å²) in [6.07, 6.45) is 4.33. The summed E-state index contributed by atoms with van der Waals surface area (Å²) in [7, 11) is 0. The first-order valence-electron chi connectivity index (χ1n) is 12.5. The fourth-order valence-electron chi connectivity index (χ4n) is 6.29. The Morgan fingerprint density at radius 1 is 1.29 bits per heavy atom. The van der Waals surface area contributed by atoms with Crippen LogP contribution in [0, 0.1) is 11.8 Å². The van der Waals surface area contributed by atoms with Crippen LogP contribution in [0.3, 0.4) is 0 Å². The topological polar surface area (TPSA) is 87.2 Å². The first kappa shape index (κ1) is 25.8. The van der Waals surface area contributed by atoms with E-state index in [9.17, 15) is 19.5 Å². The minimum atomic E-state index is -0.659. The molecular formula is C27H36N2O5S. The van der Waals surface area contributed by atoms with Crippen molar-refractivity contribution in [1.29, 1.82) is 0 Å². The van der Waals surface area contributed by atoms with Crippen molar-refractivity contribution in [2.45, 2.75) is 61.6 Å². The molecule has 3 aliphatic heterocycles. The van der Waals surface area contributed by atoms with Gasteiger partial charge in [-0.2, -0.15) is 0 Å². The molecule has 7 nitrogen and oxygen atoms in total. The Balaban J connectivity index is 1.72. The van der Waals surface area contributed by atoms with Gasteiger partial charge in [-0.25, -0.2) is 0 Å². The van der Waals surface area contributed by atoms with Gasteiger partial charge >= 0.3 is 5.97 Å². The fourth-order valence-corrected chi connectivity index (χ4v) is 8.63. The van der Waals surface area contributed by atoms with Crippen LogP contribution in [0.2, 0.25) is 0 Å². The third-order valence-corrected chi connectivity index (χ3v) is 9.72. The first-order valence-corrected chi connectivity index (χ1v) is 13.4. The van der Waals surface area contributed by atoms with Crippen molar-refractivity contribution >= 4 is 29.5 Å². The molecule has 0 saturated carbocycles. The Bertz CT molecular complexity index is 972. The van der Waals surface area contributed by atoms with Gasteiger partial charge in [0.05, 0.1) is 23.2 Å². The number of ether oxygens (including phenoxy) is 1. The Morgan fingerprint density at radius 2 is 2.03 bits per heavy atom. The molecule has 2 unspecified atom stereocenters. The molecule has 1 spiro atoms. The Kier molecular flexibility index (Phi) is 7.62. The molecule has 8 heteroatoms. The number of carbonyl (C=O) groups is 3. The lowest BCUT2D eigenvalue weighted by molar-refractivity contribution is -0.155. The summed E-state index contributed by atoms with van der Waals surface area (Å²) in [4.78, 5) is 44.8. The van der Waals surface area contributed by atoms with Gasteiger partial charge in [0.1, 0.15) is 6.04 Å². The second-order valence-corrected chi connectivity index (χ2v) is 11.8. The van der Waals surface area contributed by atoms with Crippen LogP contribution in [0.1, 0.15) is 45.1 Å². The number of hydrogen-bond acceptors (Lipinski definition) is 6. The molecule has 4 rings (SSSR count). The second-order valence-electron chi connectivity index (χ2n) is 9.93. The quantitative estimate of drug-likeness (QED) is 0.286. The number of thioether (sulfide) groups is 1. The number of fused-ring (bicyclic) bond motifs is 1. The molecule has 0 aliphatic carbocycles. The maximum Gasteiger partial charge on any atom is 0.311 e. The van der Waals surface area contributed by atoms with E-state index in [0.29, 0.717) is 38.9 Å². The van der Waals surface area contributed by atoms with Crippen molar-refractivity contribution in [1.82, 2.24) is 9.80 Å². The summed E-state index contributed by atoms with van der Waals surface area (Å²) >= 11 is 1.65. The normalized spacial score (nSPS) is 30.9. The Morgan fingerprint density at radius 3 is 2.69 bits per heavy atom. The third-order valence-electron chi connectivity index (χ3n) is 7.74. The van der Waals surface area contributed by atoms with Gasteiger partial charge in [-0.05, 0) is 45.1 Å². The summed E-state index contributed by atoms with van der Waals surface area (Å²) in [5.41, 5.74) is 1.01. The number of unbranched alkanes of at least 4 members (excludes halogenated alkanes) is 1. The van der Waals surface area contributed by atoms with Crippen LogP contribution in [0.5, 0.6) is 0 Å². The van der Waals surface area contributed by atoms with Gasteiger partial charge in [-0.1, -0.05) is 36.4 Å². The van der Waals surface area contributed by atoms with E-state index in [1.54, 1.807) is 34.6 Å². The van der Waals surface area contributed by atoms with Gasteiger partial charge in [0.25, 0.3) is 0 Å². The third kappa shape index (κ3) is 4.40. The van der Waals surface area contributed by atoms with Crippen molar-refractivity contribution in [2.75, 3.05) is 26.3 Å². The van der Waals surface area contributed by atoms with Crippen molar-refractivity contribution in [3.05, 3.63) is 48.6 Å². The summed E-state index contributed by atoms with van der Waals surface area (Å²) in [6.45, 7) is 9.14. The van der Waals surface area contributed by atoms with Crippen LogP contribution >= 0.6 is 11.8 Å². The number of carbonyl (C=O) groups excluding carboxylic acids is 3. The molecule has 3 heterocycles. The molecule has 3 aliphatic rings. The van der Waals surface area contributed by atoms with Gasteiger partial charge < -0.3 is 19.6 Å². The highest BCUT2D eigenvalue weighted by atomic mass is 32.2. The van der Waals surface area contributed by atoms with E-state index >= 15 is 0 Å². The summed E-state index contributed by atoms with van der Waals surface area (Å²) in [5.74, 6) is -1.70. The van der Waals surface area contributed by atoms with Gasteiger partial charge in [0.2, 0.25) is 11.8 Å². The zero-order valence-corrected chi connectivity index (χ0v) is 21.5. The Hall–Kier alpha value is -2.32. The van der Waals surface area contributed by atoms with Crippen LogP contribution in [-0.4, -0.2) is 74.5 Å². The minimum Gasteiger partial charge on any atom is -0.466 e. The predicted octanol–water partition coefficient (Wildman–Crippen LogP) is 3.02. The van der Waals surface area contributed by atoms with Crippen LogP contribution in [0.4, 0.5) is 0 Å². The van der Waals surface area contributed by atoms with E-state index in [2.05, 4.69) is 6.58 Å². The monoisotopic (exact) mass is 500 g/mol. The number of esters is 1. The lowest BCUT2D eigenvalue weighted by atomic mass is 9.66. The second kappa shape index (κ2) is 10.3. The zero-order chi connectivity index (χ0) is 25.2. The standard InChI is InChI=1S/C27H36N2O5S/c1-4-15-28(18-19-11-7-6-8-12-19)24(32)22-27-14-13-26(3,35-27)21(25(33)34-5-2)20(27)23(31)29(22)16-9-10-17-30/h4,6-8,11-12,20-22,30H,1,5,9-10,13-18H2,2-3H3/t20-,21+,22?,26-,27?/m0/s1. The molecule has 0 radical (unpaired) electrons. The summed E-state index contributed by atoms with van der Waals surface area (Å²) < 4.78 is 4.34. The summed E-state index contributed by atoms with van der Waals surface area (Å²) in [6, 6.07) is 9.14. The fraction of sp³-hybridized carbons (Fsp3) is 0.593. The molecule has 3 saturated heterocycles. The smallest absolute Gasteiger partial charge is 0.311 e. The van der Waals surface area contributed by atoms with Crippen LogP contribution in [-0.2, 0) is 25.7 Å². The van der Waals surface area contributed by atoms with E-state index in [1.165, 1.54) is 0 Å². The van der Waals surface area contributed by atoms with Gasteiger partial charge in [-0.15, -0.1) is 18.3 Å². The van der Waals surface area contributed by atoms with Crippen molar-refractivity contribution in [3.8, 4) is 0 Å². The summed E-state index contributed by atoms with van der Waals surface area (Å²) in [5, 5.41) is 9.32. The first-order chi connectivity index (χ1) is 16.8. The number of benzene rings is 1. The maximum atomic E-state index is 14.3. The van der Waals surface area contributed by atoms with Crippen LogP contribution in [0.25, 0.3) is 0 Å². The van der Waals surface area contributed by atoms with E-state index in [0.717, 1.165) is 12.0 Å². The zero-order valence-electron chi connectivity index (χ0n) is 20.7. The number of aliphatic hydroxyl groups is 1. The highest BCUT2D eigenvalue weighted by molar-refractivity contribution is 8.02. The van der Waals surface area contributed by atoms with Gasteiger partial charge in [-0.3, -0.25) is 14.4 Å².